The molecule has 0 saturated heterocycles. The second-order valence-electron chi connectivity index (χ2n) is 1.52. The first-order chi connectivity index (χ1) is 3.27. The molecule has 0 radical (unpaired) electrons. The molecule has 0 spiro atoms. The minimum Gasteiger partial charge on any atom is -0.123 e. The normalized spacial score (nSPS) is 12.7. The molecular formula is C6H9Cl. The molecule has 0 bridgehead atoms. The largest absolute Gasteiger partial charge is 0.123 e. The summed E-state index contributed by atoms with van der Waals surface area (Å²) in [6.45, 7) is 1.94. The molecule has 0 aromatic heterocycles. The van der Waals surface area contributed by atoms with Gasteiger partial charge in [-0.2, -0.15) is 0 Å². The maximum absolute atomic E-state index is 5.56. The molecule has 0 N–H and O–H groups in total. The molecule has 0 fully saturated rings. The Kier molecular flexibility index (Phi) is 3.93. The fourth-order valence-corrected chi connectivity index (χ4v) is 0.391. The first-order valence-corrected chi connectivity index (χ1v) is 2.78. The minimum absolute atomic E-state index is 0.232. The van der Waals surface area contributed by atoms with Gasteiger partial charge in [0.25, 0.3) is 0 Å². The van der Waals surface area contributed by atoms with Crippen LogP contribution in [0.3, 0.4) is 0 Å². The van der Waals surface area contributed by atoms with Gasteiger partial charge in [-0.1, -0.05) is 0 Å². The van der Waals surface area contributed by atoms with Gasteiger partial charge in [-0.3, -0.25) is 0 Å². The third kappa shape index (κ3) is 5.85. The third-order valence-electron chi connectivity index (χ3n) is 0.686. The molecule has 0 aliphatic rings. The molecule has 0 nitrogen and oxygen atoms in total. The number of terminal acetylenes is 1. The lowest BCUT2D eigenvalue weighted by molar-refractivity contribution is 0.837. The van der Waals surface area contributed by atoms with Crippen LogP contribution in [-0.4, -0.2) is 5.38 Å². The van der Waals surface area contributed by atoms with Crippen LogP contribution in [0.2, 0.25) is 0 Å². The lowest BCUT2D eigenvalue weighted by Crippen LogP contribution is -1.86. The lowest BCUT2D eigenvalue weighted by Gasteiger charge is -1.93. The van der Waals surface area contributed by atoms with Crippen molar-refractivity contribution in [1.29, 1.82) is 0 Å². The van der Waals surface area contributed by atoms with Crippen LogP contribution in [0, 0.1) is 12.3 Å². The molecular weight excluding hydrogens is 108 g/mol. The maximum atomic E-state index is 5.56. The van der Waals surface area contributed by atoms with E-state index in [0.29, 0.717) is 0 Å². The highest BCUT2D eigenvalue weighted by Gasteiger charge is 1.90. The van der Waals surface area contributed by atoms with Crippen molar-refractivity contribution < 1.29 is 0 Å². The van der Waals surface area contributed by atoms with E-state index in [-0.39, 0.29) is 5.38 Å². The van der Waals surface area contributed by atoms with Crippen molar-refractivity contribution in [2.24, 2.45) is 0 Å². The van der Waals surface area contributed by atoms with E-state index in [9.17, 15) is 0 Å². The number of rotatable bonds is 2. The topological polar surface area (TPSA) is 0 Å². The number of alkyl halides is 1. The Labute approximate surface area is 49.9 Å². The maximum Gasteiger partial charge on any atom is 0.0316 e. The number of halogens is 1. The molecule has 7 heavy (non-hydrogen) atoms. The Morgan fingerprint density at radius 3 is 2.57 bits per heavy atom. The Morgan fingerprint density at radius 1 is 1.86 bits per heavy atom. The van der Waals surface area contributed by atoms with Crippen molar-refractivity contribution in [1.82, 2.24) is 0 Å². The summed E-state index contributed by atoms with van der Waals surface area (Å²) < 4.78 is 0. The second kappa shape index (κ2) is 4.02. The lowest BCUT2D eigenvalue weighted by atomic mass is 10.3. The van der Waals surface area contributed by atoms with Gasteiger partial charge in [0.05, 0.1) is 0 Å². The monoisotopic (exact) mass is 116 g/mol. The molecule has 1 unspecified atom stereocenters. The molecule has 0 aromatic carbocycles. The molecule has 0 heterocycles. The van der Waals surface area contributed by atoms with E-state index < -0.39 is 0 Å². The zero-order valence-corrected chi connectivity index (χ0v) is 5.20. The van der Waals surface area contributed by atoms with Gasteiger partial charge in [0, 0.05) is 11.8 Å². The van der Waals surface area contributed by atoms with Crippen molar-refractivity contribution in [2.45, 2.75) is 25.1 Å². The van der Waals surface area contributed by atoms with Crippen molar-refractivity contribution in [3.63, 3.8) is 0 Å². The van der Waals surface area contributed by atoms with Gasteiger partial charge in [0.1, 0.15) is 0 Å². The molecule has 1 atom stereocenters. The Hall–Kier alpha value is -0.150. The predicted molar refractivity (Wildman–Crippen MR) is 33.4 cm³/mol. The average Bonchev–Trinajstić information content (AvgIpc) is 1.61. The van der Waals surface area contributed by atoms with Crippen molar-refractivity contribution in [2.75, 3.05) is 0 Å². The zero-order chi connectivity index (χ0) is 5.70. The summed E-state index contributed by atoms with van der Waals surface area (Å²) in [5, 5.41) is 0.232. The third-order valence-corrected chi connectivity index (χ3v) is 0.905. The zero-order valence-electron chi connectivity index (χ0n) is 4.45. The van der Waals surface area contributed by atoms with Crippen molar-refractivity contribution >= 4 is 11.6 Å². The van der Waals surface area contributed by atoms with Crippen molar-refractivity contribution in [3.05, 3.63) is 0 Å². The molecule has 0 aliphatic carbocycles. The predicted octanol–water partition coefficient (Wildman–Crippen LogP) is 2.03. The summed E-state index contributed by atoms with van der Waals surface area (Å²) in [7, 11) is 0. The SMILES string of the molecule is C#CCCC(C)Cl. The highest BCUT2D eigenvalue weighted by Crippen LogP contribution is 2.01. The minimum atomic E-state index is 0.232. The van der Waals surface area contributed by atoms with Gasteiger partial charge >= 0.3 is 0 Å². The number of hydrogen-bond acceptors (Lipinski definition) is 0. The van der Waals surface area contributed by atoms with E-state index in [4.69, 9.17) is 18.0 Å². The Morgan fingerprint density at radius 2 is 2.43 bits per heavy atom. The number of hydrogen-bond donors (Lipinski definition) is 0. The molecule has 0 aliphatic heterocycles. The van der Waals surface area contributed by atoms with Crippen LogP contribution in [0.5, 0.6) is 0 Å². The summed E-state index contributed by atoms with van der Waals surface area (Å²) in [5.74, 6) is 2.51. The van der Waals surface area contributed by atoms with Crippen LogP contribution in [0.1, 0.15) is 19.8 Å². The average molecular weight is 117 g/mol. The van der Waals surface area contributed by atoms with Crippen LogP contribution >= 0.6 is 11.6 Å². The van der Waals surface area contributed by atoms with Crippen LogP contribution in [0.4, 0.5) is 0 Å². The molecule has 0 saturated carbocycles. The van der Waals surface area contributed by atoms with Gasteiger partial charge in [-0.25, -0.2) is 0 Å². The molecule has 0 aromatic rings. The van der Waals surface area contributed by atoms with E-state index in [1.54, 1.807) is 0 Å². The van der Waals surface area contributed by atoms with E-state index in [1.165, 1.54) is 0 Å². The summed E-state index contributed by atoms with van der Waals surface area (Å²) in [5.41, 5.74) is 0. The van der Waals surface area contributed by atoms with E-state index in [2.05, 4.69) is 5.92 Å². The van der Waals surface area contributed by atoms with Crippen LogP contribution in [0.15, 0.2) is 0 Å². The molecule has 0 rings (SSSR count). The molecule has 0 amide bonds. The first-order valence-electron chi connectivity index (χ1n) is 2.35. The summed E-state index contributed by atoms with van der Waals surface area (Å²) in [6.07, 6.45) is 6.69. The smallest absolute Gasteiger partial charge is 0.0316 e. The Bertz CT molecular complexity index is 68.7. The van der Waals surface area contributed by atoms with Crippen LogP contribution in [-0.2, 0) is 0 Å². The van der Waals surface area contributed by atoms with Crippen LogP contribution < -0.4 is 0 Å². The summed E-state index contributed by atoms with van der Waals surface area (Å²) >= 11 is 5.56. The van der Waals surface area contributed by atoms with E-state index >= 15 is 0 Å². The standard InChI is InChI=1S/C6H9Cl/c1-3-4-5-6(2)7/h1,6H,4-5H2,2H3. The summed E-state index contributed by atoms with van der Waals surface area (Å²) in [6, 6.07) is 0. The van der Waals surface area contributed by atoms with E-state index in [1.807, 2.05) is 6.92 Å². The van der Waals surface area contributed by atoms with E-state index in [0.717, 1.165) is 12.8 Å². The van der Waals surface area contributed by atoms with Gasteiger partial charge in [0.2, 0.25) is 0 Å². The second-order valence-corrected chi connectivity index (χ2v) is 2.27. The van der Waals surface area contributed by atoms with Gasteiger partial charge in [-0.15, -0.1) is 23.9 Å². The van der Waals surface area contributed by atoms with Gasteiger partial charge in [-0.05, 0) is 13.3 Å². The van der Waals surface area contributed by atoms with Gasteiger partial charge in [0.15, 0.2) is 0 Å². The molecule has 40 valence electrons. The highest BCUT2D eigenvalue weighted by molar-refractivity contribution is 6.20. The quantitative estimate of drug-likeness (QED) is 0.383. The fourth-order valence-electron chi connectivity index (χ4n) is 0.282. The first kappa shape index (κ1) is 6.85. The fraction of sp³-hybridized carbons (Fsp3) is 0.667. The highest BCUT2D eigenvalue weighted by atomic mass is 35.5. The van der Waals surface area contributed by atoms with Crippen LogP contribution in [0.25, 0.3) is 0 Å². The molecule has 1 heteroatoms. The summed E-state index contributed by atoms with van der Waals surface area (Å²) in [4.78, 5) is 0. The Balaban J connectivity index is 2.86. The van der Waals surface area contributed by atoms with Gasteiger partial charge < -0.3 is 0 Å². The van der Waals surface area contributed by atoms with Crippen molar-refractivity contribution in [3.8, 4) is 12.3 Å².